The summed E-state index contributed by atoms with van der Waals surface area (Å²) in [7, 11) is 0. The van der Waals surface area contributed by atoms with Crippen LogP contribution >= 0.6 is 0 Å². The lowest BCUT2D eigenvalue weighted by Gasteiger charge is -2.23. The molecule has 1 aliphatic heterocycles. The first-order chi connectivity index (χ1) is 13.8. The number of allylic oxidation sites excluding steroid dienone is 1. The van der Waals surface area contributed by atoms with Crippen molar-refractivity contribution in [3.8, 4) is 0 Å². The van der Waals surface area contributed by atoms with Crippen LogP contribution < -0.4 is 0 Å². The largest absolute Gasteiger partial charge is 0.456 e. The normalized spacial score (nSPS) is 19.4. The summed E-state index contributed by atoms with van der Waals surface area (Å²) in [6.45, 7) is 10.6. The van der Waals surface area contributed by atoms with Gasteiger partial charge in [0.1, 0.15) is 6.10 Å². The first kappa shape index (κ1) is 25.7. The predicted octanol–water partition coefficient (Wildman–Crippen LogP) is 5.20. The van der Waals surface area contributed by atoms with E-state index in [1.165, 1.54) is 19.3 Å². The minimum atomic E-state index is -0.788. The third kappa shape index (κ3) is 9.33. The molecule has 1 aliphatic rings. The van der Waals surface area contributed by atoms with Crippen LogP contribution in [0.2, 0.25) is 0 Å². The van der Waals surface area contributed by atoms with E-state index in [2.05, 4.69) is 34.6 Å². The molecule has 1 heterocycles. The Morgan fingerprint density at radius 3 is 2.34 bits per heavy atom. The van der Waals surface area contributed by atoms with Gasteiger partial charge in [-0.3, -0.25) is 4.79 Å². The Hall–Kier alpha value is -1.36. The molecule has 0 aliphatic carbocycles. The summed E-state index contributed by atoms with van der Waals surface area (Å²) in [4.78, 5) is 24.3. The highest BCUT2D eigenvalue weighted by atomic mass is 16.6. The number of unbranched alkanes of at least 4 members (excludes halogenated alkanes) is 5. The van der Waals surface area contributed by atoms with Crippen LogP contribution in [-0.2, 0) is 19.1 Å². The van der Waals surface area contributed by atoms with Crippen molar-refractivity contribution in [2.24, 2.45) is 17.8 Å². The Bertz CT molecular complexity index is 515. The maximum atomic E-state index is 12.2. The maximum Gasteiger partial charge on any atom is 0.334 e. The Balaban J connectivity index is 2.50. The number of esters is 2. The molecule has 5 nitrogen and oxygen atoms in total. The molecule has 1 saturated heterocycles. The Morgan fingerprint density at radius 2 is 1.76 bits per heavy atom. The number of carbonyl (C=O) groups is 2. The van der Waals surface area contributed by atoms with Crippen LogP contribution in [0.4, 0.5) is 0 Å². The number of ether oxygens (including phenoxy) is 2. The second-order valence-corrected chi connectivity index (χ2v) is 8.99. The summed E-state index contributed by atoms with van der Waals surface area (Å²) in [5.41, 5.74) is 0.631. The van der Waals surface area contributed by atoms with E-state index in [1.54, 1.807) is 0 Å². The van der Waals surface area contributed by atoms with Gasteiger partial charge in [0.25, 0.3) is 0 Å². The molecular weight excluding hydrogens is 368 g/mol. The number of rotatable bonds is 14. The van der Waals surface area contributed by atoms with Crippen LogP contribution in [0.1, 0.15) is 92.4 Å². The van der Waals surface area contributed by atoms with Gasteiger partial charge >= 0.3 is 11.9 Å². The molecule has 168 valence electrons. The Labute approximate surface area is 177 Å². The average Bonchev–Trinajstić information content (AvgIpc) is 3.02. The van der Waals surface area contributed by atoms with Crippen molar-refractivity contribution in [1.29, 1.82) is 0 Å². The average molecular weight is 411 g/mol. The van der Waals surface area contributed by atoms with Gasteiger partial charge in [-0.25, -0.2) is 4.79 Å². The van der Waals surface area contributed by atoms with Gasteiger partial charge in [0.2, 0.25) is 0 Å². The maximum absolute atomic E-state index is 12.2. The first-order valence-corrected chi connectivity index (χ1v) is 11.5. The van der Waals surface area contributed by atoms with Crippen LogP contribution in [0.5, 0.6) is 0 Å². The lowest BCUT2D eigenvalue weighted by molar-refractivity contribution is -0.164. The quantitative estimate of drug-likeness (QED) is 0.242. The molecule has 0 aromatic heterocycles. The summed E-state index contributed by atoms with van der Waals surface area (Å²) >= 11 is 0. The van der Waals surface area contributed by atoms with Gasteiger partial charge in [-0.15, -0.1) is 0 Å². The van der Waals surface area contributed by atoms with Crippen LogP contribution in [0.3, 0.4) is 0 Å². The van der Waals surface area contributed by atoms with Crippen molar-refractivity contribution < 1.29 is 24.2 Å². The molecular formula is C24H42O5. The second-order valence-electron chi connectivity index (χ2n) is 8.99. The molecule has 1 fully saturated rings. The third-order valence-corrected chi connectivity index (χ3v) is 5.90. The molecule has 0 aromatic rings. The number of hydrogen-bond donors (Lipinski definition) is 1. The van der Waals surface area contributed by atoms with Crippen LogP contribution in [0.15, 0.2) is 11.6 Å². The minimum Gasteiger partial charge on any atom is -0.456 e. The van der Waals surface area contributed by atoms with Crippen molar-refractivity contribution in [2.75, 3.05) is 6.61 Å². The van der Waals surface area contributed by atoms with E-state index >= 15 is 0 Å². The van der Waals surface area contributed by atoms with Gasteiger partial charge in [0.05, 0.1) is 6.61 Å². The highest BCUT2D eigenvalue weighted by Gasteiger charge is 2.36. The fourth-order valence-electron chi connectivity index (χ4n) is 4.03. The van der Waals surface area contributed by atoms with E-state index in [0.717, 1.165) is 25.7 Å². The zero-order chi connectivity index (χ0) is 21.8. The van der Waals surface area contributed by atoms with Crippen LogP contribution in [-0.4, -0.2) is 35.9 Å². The molecule has 0 spiro atoms. The summed E-state index contributed by atoms with van der Waals surface area (Å²) < 4.78 is 10.8. The van der Waals surface area contributed by atoms with E-state index in [-0.39, 0.29) is 18.5 Å². The van der Waals surface area contributed by atoms with Crippen molar-refractivity contribution >= 4 is 11.9 Å². The molecule has 2 atom stereocenters. The molecule has 0 unspecified atom stereocenters. The highest BCUT2D eigenvalue weighted by molar-refractivity contribution is 5.90. The molecule has 0 aromatic carbocycles. The molecule has 29 heavy (non-hydrogen) atoms. The smallest absolute Gasteiger partial charge is 0.334 e. The SMILES string of the molecule is CCCCCCCCC(=O)O[C@H](CO)[C@H]1C/C(=C\CC(C(C)C)C(C)C)C(=O)O1. The van der Waals surface area contributed by atoms with E-state index in [9.17, 15) is 14.7 Å². The zero-order valence-corrected chi connectivity index (χ0v) is 19.1. The fraction of sp³-hybridized carbons (Fsp3) is 0.833. The molecule has 0 bridgehead atoms. The van der Waals surface area contributed by atoms with Crippen LogP contribution in [0, 0.1) is 17.8 Å². The van der Waals surface area contributed by atoms with Crippen molar-refractivity contribution in [1.82, 2.24) is 0 Å². The summed E-state index contributed by atoms with van der Waals surface area (Å²) in [6.07, 6.45) is 8.72. The highest BCUT2D eigenvalue weighted by Crippen LogP contribution is 2.29. The predicted molar refractivity (Wildman–Crippen MR) is 115 cm³/mol. The topological polar surface area (TPSA) is 72.8 Å². The Kier molecular flexibility index (Phi) is 12.2. The fourth-order valence-corrected chi connectivity index (χ4v) is 4.03. The van der Waals surface area contributed by atoms with E-state index in [4.69, 9.17) is 9.47 Å². The Morgan fingerprint density at radius 1 is 1.14 bits per heavy atom. The number of aliphatic hydroxyl groups excluding tert-OH is 1. The zero-order valence-electron chi connectivity index (χ0n) is 19.1. The number of aliphatic hydroxyl groups is 1. The standard InChI is InChI=1S/C24H42O5/c1-6-7-8-9-10-11-12-23(26)28-22(16-25)21-15-19(24(27)29-21)13-14-20(17(2)3)18(4)5/h13,17-18,20-22,25H,6-12,14-16H2,1-5H3/b19-13+/t21-,22-/m1/s1. The molecule has 0 radical (unpaired) electrons. The number of hydrogen-bond acceptors (Lipinski definition) is 5. The molecule has 0 amide bonds. The lowest BCUT2D eigenvalue weighted by Crippen LogP contribution is -2.34. The third-order valence-electron chi connectivity index (χ3n) is 5.90. The lowest BCUT2D eigenvalue weighted by atomic mass is 9.82. The number of cyclic esters (lactones) is 1. The van der Waals surface area contributed by atoms with E-state index in [0.29, 0.717) is 36.2 Å². The first-order valence-electron chi connectivity index (χ1n) is 11.5. The molecule has 0 saturated carbocycles. The summed E-state index contributed by atoms with van der Waals surface area (Å²) in [5.74, 6) is 0.888. The van der Waals surface area contributed by atoms with E-state index in [1.807, 2.05) is 6.08 Å². The minimum absolute atomic E-state index is 0.326. The van der Waals surface area contributed by atoms with Crippen molar-refractivity contribution in [2.45, 2.75) is 105 Å². The second kappa shape index (κ2) is 13.8. The van der Waals surface area contributed by atoms with Crippen molar-refractivity contribution in [3.63, 3.8) is 0 Å². The summed E-state index contributed by atoms with van der Waals surface area (Å²) in [6, 6.07) is 0. The van der Waals surface area contributed by atoms with Crippen LogP contribution in [0.25, 0.3) is 0 Å². The van der Waals surface area contributed by atoms with Gasteiger partial charge in [0.15, 0.2) is 6.10 Å². The molecule has 1 rings (SSSR count). The van der Waals surface area contributed by atoms with Gasteiger partial charge in [0, 0.05) is 18.4 Å². The monoisotopic (exact) mass is 410 g/mol. The summed E-state index contributed by atoms with van der Waals surface area (Å²) in [5, 5.41) is 9.65. The van der Waals surface area contributed by atoms with Crippen molar-refractivity contribution in [3.05, 3.63) is 11.6 Å². The van der Waals surface area contributed by atoms with Gasteiger partial charge in [-0.2, -0.15) is 0 Å². The number of carbonyl (C=O) groups excluding carboxylic acids is 2. The van der Waals surface area contributed by atoms with Gasteiger partial charge in [-0.1, -0.05) is 72.8 Å². The van der Waals surface area contributed by atoms with E-state index < -0.39 is 12.2 Å². The molecule has 5 heteroatoms. The van der Waals surface area contributed by atoms with Gasteiger partial charge < -0.3 is 14.6 Å². The van der Waals surface area contributed by atoms with Gasteiger partial charge in [-0.05, 0) is 30.6 Å². The molecule has 1 N–H and O–H groups in total.